The molecule has 1 amide bonds. The van der Waals surface area contributed by atoms with E-state index < -0.39 is 0 Å². The van der Waals surface area contributed by atoms with Gasteiger partial charge in [-0.25, -0.2) is 4.39 Å². The molecule has 2 aromatic rings. The molecular weight excluding hydrogens is 410 g/mol. The highest BCUT2D eigenvalue weighted by Gasteiger charge is 2.36. The van der Waals surface area contributed by atoms with Gasteiger partial charge in [0, 0.05) is 34.7 Å². The third-order valence-corrected chi connectivity index (χ3v) is 6.37. The molecule has 0 aromatic heterocycles. The molecule has 0 bridgehead atoms. The molecule has 2 atom stereocenters. The molecule has 29 heavy (non-hydrogen) atoms. The van der Waals surface area contributed by atoms with Crippen LogP contribution in [-0.2, 0) is 11.3 Å². The Balaban J connectivity index is 1.47. The number of nitrogens with zero attached hydrogens (tertiary/aromatic N) is 2. The Kier molecular flexibility index (Phi) is 5.95. The number of rotatable bonds is 4. The second-order valence-electron chi connectivity index (χ2n) is 7.89. The number of piperidine rings is 1. The smallest absolute Gasteiger partial charge is 0.251 e. The number of carbonyl (C=O) groups is 1. The molecule has 0 saturated carbocycles. The number of halogens is 3. The van der Waals surface area contributed by atoms with Gasteiger partial charge in [0.1, 0.15) is 5.82 Å². The third-order valence-electron chi connectivity index (χ3n) is 5.93. The van der Waals surface area contributed by atoms with Gasteiger partial charge in [-0.1, -0.05) is 41.4 Å². The standard InChI is InChI=1S/C23H23Cl2FN2O/c1-27-8-6-17(16-2-4-20(26)5-3-16)12-22(27)21-7-9-28(23(21)29)14-15-10-18(24)13-19(25)11-15/h2-5,7,10-11,13,17,22H,6,8-9,12,14H2,1H3. The zero-order valence-corrected chi connectivity index (χ0v) is 17.8. The summed E-state index contributed by atoms with van der Waals surface area (Å²) in [5.41, 5.74) is 2.92. The van der Waals surface area contributed by atoms with Gasteiger partial charge in [-0.3, -0.25) is 9.69 Å². The van der Waals surface area contributed by atoms with Crippen LogP contribution in [0.2, 0.25) is 10.0 Å². The molecule has 2 aliphatic rings. The van der Waals surface area contributed by atoms with Crippen molar-refractivity contribution < 1.29 is 9.18 Å². The first-order valence-corrected chi connectivity index (χ1v) is 10.6. The summed E-state index contributed by atoms with van der Waals surface area (Å²) >= 11 is 12.2. The summed E-state index contributed by atoms with van der Waals surface area (Å²) in [6, 6.07) is 12.2. The number of hydrogen-bond donors (Lipinski definition) is 0. The van der Waals surface area contributed by atoms with Crippen molar-refractivity contribution in [2.24, 2.45) is 0 Å². The third kappa shape index (κ3) is 4.50. The summed E-state index contributed by atoms with van der Waals surface area (Å²) in [7, 11) is 2.07. The minimum atomic E-state index is -0.219. The molecule has 1 saturated heterocycles. The van der Waals surface area contributed by atoms with Crippen LogP contribution in [0.25, 0.3) is 0 Å². The molecule has 152 valence electrons. The summed E-state index contributed by atoms with van der Waals surface area (Å²) in [5.74, 6) is 0.174. The number of hydrogen-bond acceptors (Lipinski definition) is 2. The van der Waals surface area contributed by atoms with Gasteiger partial charge in [-0.2, -0.15) is 0 Å². The first-order valence-electron chi connectivity index (χ1n) is 9.80. The quantitative estimate of drug-likeness (QED) is 0.655. The fourth-order valence-electron chi connectivity index (χ4n) is 4.38. The molecular formula is C23H23Cl2FN2O. The topological polar surface area (TPSA) is 23.6 Å². The Morgan fingerprint density at radius 2 is 1.79 bits per heavy atom. The molecule has 4 rings (SSSR count). The largest absolute Gasteiger partial charge is 0.331 e. The summed E-state index contributed by atoms with van der Waals surface area (Å²) in [5, 5.41) is 1.14. The van der Waals surface area contributed by atoms with Crippen LogP contribution in [0.4, 0.5) is 4.39 Å². The zero-order valence-electron chi connectivity index (χ0n) is 16.2. The van der Waals surface area contributed by atoms with Gasteiger partial charge in [-0.15, -0.1) is 0 Å². The second-order valence-corrected chi connectivity index (χ2v) is 8.76. The molecule has 2 heterocycles. The molecule has 0 N–H and O–H groups in total. The van der Waals surface area contributed by atoms with Gasteiger partial charge in [-0.05, 0) is 73.8 Å². The van der Waals surface area contributed by atoms with Crippen molar-refractivity contribution in [3.05, 3.63) is 81.1 Å². The maximum atomic E-state index is 13.3. The van der Waals surface area contributed by atoms with Crippen molar-refractivity contribution in [1.82, 2.24) is 9.80 Å². The van der Waals surface area contributed by atoms with Crippen LogP contribution in [0, 0.1) is 5.82 Å². The fraction of sp³-hybridized carbons (Fsp3) is 0.348. The predicted molar refractivity (Wildman–Crippen MR) is 115 cm³/mol. The Bertz CT molecular complexity index is 924. The van der Waals surface area contributed by atoms with Crippen LogP contribution in [-0.4, -0.2) is 41.9 Å². The summed E-state index contributed by atoms with van der Waals surface area (Å²) < 4.78 is 13.3. The van der Waals surface area contributed by atoms with E-state index >= 15 is 0 Å². The molecule has 0 spiro atoms. The number of benzene rings is 2. The number of carbonyl (C=O) groups excluding carboxylic acids is 1. The van der Waals surface area contributed by atoms with Crippen LogP contribution in [0.1, 0.15) is 29.9 Å². The minimum absolute atomic E-state index is 0.0673. The van der Waals surface area contributed by atoms with Crippen molar-refractivity contribution in [2.45, 2.75) is 31.3 Å². The van der Waals surface area contributed by atoms with Gasteiger partial charge >= 0.3 is 0 Å². The van der Waals surface area contributed by atoms with Crippen LogP contribution in [0.5, 0.6) is 0 Å². The Labute approximate surface area is 180 Å². The van der Waals surface area contributed by atoms with Crippen molar-refractivity contribution in [3.8, 4) is 0 Å². The highest BCUT2D eigenvalue weighted by Crippen LogP contribution is 2.35. The SMILES string of the molecule is CN1CCC(c2ccc(F)cc2)CC1C1=CCN(Cc2cc(Cl)cc(Cl)c2)C1=O. The van der Waals surface area contributed by atoms with E-state index in [4.69, 9.17) is 23.2 Å². The summed E-state index contributed by atoms with van der Waals surface area (Å²) in [6.07, 6.45) is 3.91. The van der Waals surface area contributed by atoms with Crippen molar-refractivity contribution in [2.75, 3.05) is 20.1 Å². The summed E-state index contributed by atoms with van der Waals surface area (Å²) in [4.78, 5) is 17.2. The molecule has 0 radical (unpaired) electrons. The van der Waals surface area contributed by atoms with E-state index in [1.807, 2.05) is 35.2 Å². The molecule has 2 unspecified atom stereocenters. The van der Waals surface area contributed by atoms with Gasteiger partial charge in [0.25, 0.3) is 5.91 Å². The van der Waals surface area contributed by atoms with Crippen molar-refractivity contribution >= 4 is 29.1 Å². The first kappa shape index (κ1) is 20.4. The van der Waals surface area contributed by atoms with Gasteiger partial charge < -0.3 is 4.90 Å². The molecule has 3 nitrogen and oxygen atoms in total. The van der Waals surface area contributed by atoms with E-state index in [0.29, 0.717) is 29.1 Å². The second kappa shape index (κ2) is 8.47. The van der Waals surface area contributed by atoms with E-state index in [2.05, 4.69) is 11.9 Å². The van der Waals surface area contributed by atoms with Crippen molar-refractivity contribution in [3.63, 3.8) is 0 Å². The molecule has 2 aromatic carbocycles. The summed E-state index contributed by atoms with van der Waals surface area (Å²) in [6.45, 7) is 1.97. The lowest BCUT2D eigenvalue weighted by Crippen LogP contribution is -2.43. The molecule has 0 aliphatic carbocycles. The lowest BCUT2D eigenvalue weighted by atomic mass is 9.83. The normalized spacial score (nSPS) is 22.8. The zero-order chi connectivity index (χ0) is 20.5. The van der Waals surface area contributed by atoms with Crippen molar-refractivity contribution in [1.29, 1.82) is 0 Å². The Hall–Kier alpha value is -1.88. The Morgan fingerprint density at radius 3 is 2.48 bits per heavy atom. The van der Waals surface area contributed by atoms with E-state index in [9.17, 15) is 9.18 Å². The van der Waals surface area contributed by atoms with Crippen LogP contribution in [0.15, 0.2) is 54.1 Å². The highest BCUT2D eigenvalue weighted by molar-refractivity contribution is 6.34. The monoisotopic (exact) mass is 432 g/mol. The van der Waals surface area contributed by atoms with Crippen LogP contribution >= 0.6 is 23.2 Å². The van der Waals surface area contributed by atoms with E-state index in [1.54, 1.807) is 6.07 Å². The van der Waals surface area contributed by atoms with Gasteiger partial charge in [0.05, 0.1) is 0 Å². The van der Waals surface area contributed by atoms with Gasteiger partial charge in [0.2, 0.25) is 0 Å². The fourth-order valence-corrected chi connectivity index (χ4v) is 4.95. The maximum absolute atomic E-state index is 13.3. The predicted octanol–water partition coefficient (Wildman–Crippen LogP) is 5.28. The van der Waals surface area contributed by atoms with E-state index in [0.717, 1.165) is 36.1 Å². The lowest BCUT2D eigenvalue weighted by Gasteiger charge is -2.38. The van der Waals surface area contributed by atoms with Crippen LogP contribution in [0.3, 0.4) is 0 Å². The highest BCUT2D eigenvalue weighted by atomic mass is 35.5. The maximum Gasteiger partial charge on any atom is 0.251 e. The molecule has 2 aliphatic heterocycles. The lowest BCUT2D eigenvalue weighted by molar-refractivity contribution is -0.126. The minimum Gasteiger partial charge on any atom is -0.331 e. The Morgan fingerprint density at radius 1 is 1.10 bits per heavy atom. The van der Waals surface area contributed by atoms with E-state index in [-0.39, 0.29) is 17.8 Å². The first-order chi connectivity index (χ1) is 13.9. The molecule has 1 fully saturated rings. The average Bonchev–Trinajstić information content (AvgIpc) is 3.02. The molecule has 6 heteroatoms. The average molecular weight is 433 g/mol. The number of likely N-dealkylation sites (tertiary alicyclic amines) is 1. The van der Waals surface area contributed by atoms with Gasteiger partial charge in [0.15, 0.2) is 0 Å². The van der Waals surface area contributed by atoms with E-state index in [1.165, 1.54) is 12.1 Å². The number of likely N-dealkylation sites (N-methyl/N-ethyl adjacent to an activating group) is 1. The number of amides is 1. The van der Waals surface area contributed by atoms with Crippen LogP contribution < -0.4 is 0 Å².